The highest BCUT2D eigenvalue weighted by Gasteiger charge is 2.43. The molecule has 0 saturated carbocycles. The van der Waals surface area contributed by atoms with Gasteiger partial charge in [0.15, 0.2) is 0 Å². The van der Waals surface area contributed by atoms with E-state index in [9.17, 15) is 5.11 Å². The largest absolute Gasteiger partial charge is 0.394 e. The molecule has 3 aromatic rings. The summed E-state index contributed by atoms with van der Waals surface area (Å²) in [5.41, 5.74) is 7.57. The van der Waals surface area contributed by atoms with Gasteiger partial charge in [0.05, 0.1) is 12.6 Å². The van der Waals surface area contributed by atoms with Crippen molar-refractivity contribution in [3.8, 4) is 11.1 Å². The van der Waals surface area contributed by atoms with Gasteiger partial charge < -0.3 is 10.4 Å². The van der Waals surface area contributed by atoms with E-state index in [4.69, 9.17) is 0 Å². The Balaban J connectivity index is 1.53. The Morgan fingerprint density at radius 3 is 2.55 bits per heavy atom. The lowest BCUT2D eigenvalue weighted by Crippen LogP contribution is -2.41. The SMILES string of the molecule is Cc1ccc(-c2ccc3c(c2)[C@H]2[C@H](CCN2Cc2ccncc2)[C@H](CO)N3)cc1. The molecule has 5 rings (SSSR count). The first kappa shape index (κ1) is 18.3. The summed E-state index contributed by atoms with van der Waals surface area (Å²) in [5.74, 6) is 0.419. The Kier molecular flexibility index (Phi) is 4.82. The number of benzene rings is 2. The van der Waals surface area contributed by atoms with Crippen LogP contribution in [-0.4, -0.2) is 34.2 Å². The minimum absolute atomic E-state index is 0.111. The molecule has 0 spiro atoms. The number of aliphatic hydroxyl groups is 1. The molecule has 0 radical (unpaired) electrons. The monoisotopic (exact) mass is 385 g/mol. The van der Waals surface area contributed by atoms with Crippen LogP contribution in [0, 0.1) is 12.8 Å². The van der Waals surface area contributed by atoms with Crippen LogP contribution in [0.15, 0.2) is 67.0 Å². The van der Waals surface area contributed by atoms with Crippen LogP contribution >= 0.6 is 0 Å². The molecule has 3 atom stereocenters. The number of nitrogens with one attached hydrogen (secondary N) is 1. The Morgan fingerprint density at radius 2 is 1.79 bits per heavy atom. The van der Waals surface area contributed by atoms with E-state index in [-0.39, 0.29) is 12.6 Å². The topological polar surface area (TPSA) is 48.4 Å². The third-order valence-electron chi connectivity index (χ3n) is 6.49. The van der Waals surface area contributed by atoms with Crippen LogP contribution in [0.4, 0.5) is 5.69 Å². The molecule has 4 nitrogen and oxygen atoms in total. The average Bonchev–Trinajstić information content (AvgIpc) is 3.18. The summed E-state index contributed by atoms with van der Waals surface area (Å²) in [6.07, 6.45) is 4.83. The second-order valence-corrected chi connectivity index (χ2v) is 8.32. The quantitative estimate of drug-likeness (QED) is 0.699. The minimum atomic E-state index is 0.111. The van der Waals surface area contributed by atoms with Crippen molar-refractivity contribution in [1.29, 1.82) is 0 Å². The Bertz CT molecular complexity index is 987. The van der Waals surface area contributed by atoms with Gasteiger partial charge in [-0.1, -0.05) is 35.9 Å². The zero-order valence-corrected chi connectivity index (χ0v) is 16.8. The van der Waals surface area contributed by atoms with Crippen molar-refractivity contribution in [2.45, 2.75) is 32.0 Å². The van der Waals surface area contributed by atoms with Gasteiger partial charge in [-0.3, -0.25) is 9.88 Å². The van der Waals surface area contributed by atoms with Gasteiger partial charge >= 0.3 is 0 Å². The zero-order valence-electron chi connectivity index (χ0n) is 16.8. The molecule has 0 amide bonds. The third-order valence-corrected chi connectivity index (χ3v) is 6.49. The standard InChI is InChI=1S/C25H27N3O/c1-17-2-4-19(5-3-17)20-6-7-23-22(14-20)25-21(24(16-29)27-23)10-13-28(25)15-18-8-11-26-12-9-18/h2-9,11-12,14,21,24-25,27,29H,10,13,15-16H2,1H3/t21-,24+,25-/m1/s1. The van der Waals surface area contributed by atoms with Gasteiger partial charge in [-0.15, -0.1) is 0 Å². The molecule has 2 aromatic carbocycles. The molecule has 2 aliphatic rings. The molecule has 0 aliphatic carbocycles. The molecule has 0 unspecified atom stereocenters. The smallest absolute Gasteiger partial charge is 0.0636 e. The fourth-order valence-electron chi connectivity index (χ4n) is 4.98. The number of hydrogen-bond donors (Lipinski definition) is 2. The van der Waals surface area contributed by atoms with E-state index in [1.165, 1.54) is 27.8 Å². The van der Waals surface area contributed by atoms with E-state index < -0.39 is 0 Å². The van der Waals surface area contributed by atoms with Crippen LogP contribution in [-0.2, 0) is 6.54 Å². The maximum Gasteiger partial charge on any atom is 0.0636 e. The van der Waals surface area contributed by atoms with E-state index >= 15 is 0 Å². The number of aromatic nitrogens is 1. The summed E-state index contributed by atoms with van der Waals surface area (Å²) in [5, 5.41) is 13.6. The van der Waals surface area contributed by atoms with Gasteiger partial charge in [0, 0.05) is 36.6 Å². The Morgan fingerprint density at radius 1 is 1.03 bits per heavy atom. The van der Waals surface area contributed by atoms with E-state index in [0.717, 1.165) is 25.2 Å². The summed E-state index contributed by atoms with van der Waals surface area (Å²) in [4.78, 5) is 6.72. The molecule has 1 fully saturated rings. The second kappa shape index (κ2) is 7.62. The molecule has 3 heterocycles. The summed E-state index contributed by atoms with van der Waals surface area (Å²) >= 11 is 0. The summed E-state index contributed by atoms with van der Waals surface area (Å²) in [6.45, 7) is 4.25. The van der Waals surface area contributed by atoms with E-state index in [1.807, 2.05) is 12.4 Å². The number of pyridine rings is 1. The number of likely N-dealkylation sites (tertiary alicyclic amines) is 1. The number of hydrogen-bond acceptors (Lipinski definition) is 4. The highest BCUT2D eigenvalue weighted by molar-refractivity contribution is 5.70. The lowest BCUT2D eigenvalue weighted by molar-refractivity contribution is 0.172. The average molecular weight is 386 g/mol. The molecule has 2 N–H and O–H groups in total. The van der Waals surface area contributed by atoms with Crippen molar-refractivity contribution >= 4 is 5.69 Å². The van der Waals surface area contributed by atoms with Gasteiger partial charge in [-0.25, -0.2) is 0 Å². The van der Waals surface area contributed by atoms with Crippen molar-refractivity contribution in [1.82, 2.24) is 9.88 Å². The van der Waals surface area contributed by atoms with Crippen molar-refractivity contribution < 1.29 is 5.11 Å². The van der Waals surface area contributed by atoms with E-state index in [2.05, 4.69) is 76.7 Å². The van der Waals surface area contributed by atoms with Crippen LogP contribution < -0.4 is 5.32 Å². The predicted octanol–water partition coefficient (Wildman–Crippen LogP) is 4.41. The number of rotatable bonds is 4. The van der Waals surface area contributed by atoms with Gasteiger partial charge in [-0.05, 0) is 66.4 Å². The minimum Gasteiger partial charge on any atom is -0.394 e. The predicted molar refractivity (Wildman–Crippen MR) is 117 cm³/mol. The molecular weight excluding hydrogens is 358 g/mol. The van der Waals surface area contributed by atoms with Crippen molar-refractivity contribution in [2.24, 2.45) is 5.92 Å². The van der Waals surface area contributed by atoms with Crippen LogP contribution in [0.3, 0.4) is 0 Å². The fraction of sp³-hybridized carbons (Fsp3) is 0.320. The van der Waals surface area contributed by atoms with E-state index in [0.29, 0.717) is 12.0 Å². The number of anilines is 1. The Labute approximate surface area is 172 Å². The second-order valence-electron chi connectivity index (χ2n) is 8.32. The van der Waals surface area contributed by atoms with Crippen molar-refractivity contribution in [3.05, 3.63) is 83.7 Å². The van der Waals surface area contributed by atoms with E-state index in [1.54, 1.807) is 0 Å². The number of aliphatic hydroxyl groups excluding tert-OH is 1. The Hall–Kier alpha value is -2.69. The molecular formula is C25H27N3O. The first-order valence-electron chi connectivity index (χ1n) is 10.4. The first-order valence-corrected chi connectivity index (χ1v) is 10.4. The van der Waals surface area contributed by atoms with Gasteiger partial charge in [0.25, 0.3) is 0 Å². The molecule has 2 aliphatic heterocycles. The normalized spacial score (nSPS) is 23.3. The fourth-order valence-corrected chi connectivity index (χ4v) is 4.98. The van der Waals surface area contributed by atoms with Crippen molar-refractivity contribution in [3.63, 3.8) is 0 Å². The van der Waals surface area contributed by atoms with Crippen molar-refractivity contribution in [2.75, 3.05) is 18.5 Å². The molecule has 148 valence electrons. The number of aryl methyl sites for hydroxylation is 1. The molecule has 1 saturated heterocycles. The lowest BCUT2D eigenvalue weighted by atomic mass is 9.82. The lowest BCUT2D eigenvalue weighted by Gasteiger charge is -2.39. The number of nitrogens with zero attached hydrogens (tertiary/aromatic N) is 2. The van der Waals surface area contributed by atoms with Crippen LogP contribution in [0.2, 0.25) is 0 Å². The molecule has 0 bridgehead atoms. The molecule has 1 aromatic heterocycles. The van der Waals surface area contributed by atoms with Crippen LogP contribution in [0.5, 0.6) is 0 Å². The summed E-state index contributed by atoms with van der Waals surface area (Å²) in [6, 6.07) is 20.1. The maximum atomic E-state index is 10.0. The third kappa shape index (κ3) is 3.43. The first-order chi connectivity index (χ1) is 14.2. The van der Waals surface area contributed by atoms with Crippen LogP contribution in [0.1, 0.15) is 29.2 Å². The highest BCUT2D eigenvalue weighted by atomic mass is 16.3. The maximum absolute atomic E-state index is 10.0. The highest BCUT2D eigenvalue weighted by Crippen LogP contribution is 2.47. The van der Waals surface area contributed by atoms with Gasteiger partial charge in [0.1, 0.15) is 0 Å². The van der Waals surface area contributed by atoms with Gasteiger partial charge in [-0.2, -0.15) is 0 Å². The summed E-state index contributed by atoms with van der Waals surface area (Å²) in [7, 11) is 0. The summed E-state index contributed by atoms with van der Waals surface area (Å²) < 4.78 is 0. The zero-order chi connectivity index (χ0) is 19.8. The molecule has 4 heteroatoms. The van der Waals surface area contributed by atoms with Gasteiger partial charge in [0.2, 0.25) is 0 Å². The number of fused-ring (bicyclic) bond motifs is 3. The van der Waals surface area contributed by atoms with Crippen LogP contribution in [0.25, 0.3) is 11.1 Å². The molecule has 29 heavy (non-hydrogen) atoms.